The summed E-state index contributed by atoms with van der Waals surface area (Å²) >= 11 is 5.99. The largest absolute Gasteiger partial charge is 0.434 e. The molecule has 9 heteroatoms. The van der Waals surface area contributed by atoms with Gasteiger partial charge in [0.05, 0.1) is 6.54 Å². The third-order valence-electron chi connectivity index (χ3n) is 4.52. The first kappa shape index (κ1) is 22.6. The van der Waals surface area contributed by atoms with Gasteiger partial charge < -0.3 is 25.2 Å². The van der Waals surface area contributed by atoms with Gasteiger partial charge in [-0.05, 0) is 51.7 Å². The second-order valence-electron chi connectivity index (χ2n) is 6.75. The topological polar surface area (TPSA) is 52.1 Å². The molecule has 2 rings (SSSR count). The van der Waals surface area contributed by atoms with Crippen LogP contribution in [-0.2, 0) is 6.54 Å². The molecule has 158 valence electrons. The molecule has 0 spiro atoms. The van der Waals surface area contributed by atoms with Gasteiger partial charge in [-0.2, -0.15) is 8.78 Å². The molecule has 1 aromatic carbocycles. The van der Waals surface area contributed by atoms with Gasteiger partial charge in [-0.1, -0.05) is 11.6 Å². The van der Waals surface area contributed by atoms with E-state index >= 15 is 0 Å². The molecule has 1 heterocycles. The summed E-state index contributed by atoms with van der Waals surface area (Å²) in [5, 5.41) is 6.94. The van der Waals surface area contributed by atoms with Crippen molar-refractivity contribution in [3.8, 4) is 5.75 Å². The molecule has 0 aromatic heterocycles. The molecule has 1 saturated heterocycles. The highest BCUT2D eigenvalue weighted by Gasteiger charge is 2.12. The summed E-state index contributed by atoms with van der Waals surface area (Å²) in [7, 11) is 2.15. The molecule has 0 saturated carbocycles. The Labute approximate surface area is 170 Å². The number of alkyl halides is 2. The molecule has 1 aromatic rings. The number of benzene rings is 1. The standard InChI is InChI=1S/C19H30ClF2N5O/c1-3-23-19(24-7-10-27-9-4-8-26(2)11-12-27)25-14-15-13-16(20)5-6-17(15)28-18(21)22/h5-6,13,18H,3-4,7-12,14H2,1-2H3,(H2,23,24,25). The molecule has 1 aliphatic heterocycles. The number of hydrogen-bond acceptors (Lipinski definition) is 4. The molecule has 1 fully saturated rings. The molecular weight excluding hydrogens is 388 g/mol. The van der Waals surface area contributed by atoms with E-state index in [0.717, 1.165) is 39.3 Å². The van der Waals surface area contributed by atoms with E-state index in [1.807, 2.05) is 6.92 Å². The number of ether oxygens (including phenoxy) is 1. The van der Waals surface area contributed by atoms with Crippen LogP contribution in [0.4, 0.5) is 8.78 Å². The maximum Gasteiger partial charge on any atom is 0.387 e. The maximum atomic E-state index is 12.6. The molecular formula is C19H30ClF2N5O. The average Bonchev–Trinajstić information content (AvgIpc) is 2.85. The Morgan fingerprint density at radius 3 is 2.82 bits per heavy atom. The van der Waals surface area contributed by atoms with E-state index in [0.29, 0.717) is 23.1 Å². The number of rotatable bonds is 8. The van der Waals surface area contributed by atoms with E-state index in [9.17, 15) is 8.78 Å². The van der Waals surface area contributed by atoms with Crippen molar-refractivity contribution in [3.05, 3.63) is 28.8 Å². The van der Waals surface area contributed by atoms with Crippen molar-refractivity contribution in [2.45, 2.75) is 26.5 Å². The van der Waals surface area contributed by atoms with E-state index in [4.69, 9.17) is 11.6 Å². The van der Waals surface area contributed by atoms with Crippen molar-refractivity contribution in [2.24, 2.45) is 4.99 Å². The lowest BCUT2D eigenvalue weighted by molar-refractivity contribution is -0.0504. The van der Waals surface area contributed by atoms with Gasteiger partial charge in [-0.15, -0.1) is 0 Å². The summed E-state index contributed by atoms with van der Waals surface area (Å²) in [6.45, 7) is 6.03. The first-order valence-corrected chi connectivity index (χ1v) is 10.0. The predicted octanol–water partition coefficient (Wildman–Crippen LogP) is 2.63. The maximum absolute atomic E-state index is 12.6. The molecule has 2 N–H and O–H groups in total. The second-order valence-corrected chi connectivity index (χ2v) is 7.19. The van der Waals surface area contributed by atoms with Gasteiger partial charge in [0.15, 0.2) is 5.96 Å². The molecule has 0 aliphatic carbocycles. The minimum atomic E-state index is -2.89. The van der Waals surface area contributed by atoms with Crippen LogP contribution in [0.3, 0.4) is 0 Å². The Hall–Kier alpha value is -1.64. The zero-order valence-corrected chi connectivity index (χ0v) is 17.3. The molecule has 0 bridgehead atoms. The molecule has 0 unspecified atom stereocenters. The van der Waals surface area contributed by atoms with Crippen LogP contribution >= 0.6 is 11.6 Å². The summed E-state index contributed by atoms with van der Waals surface area (Å²) in [5.74, 6) is 0.727. The summed E-state index contributed by atoms with van der Waals surface area (Å²) in [5.41, 5.74) is 0.514. The number of hydrogen-bond donors (Lipinski definition) is 2. The fourth-order valence-corrected chi connectivity index (χ4v) is 3.24. The average molecular weight is 418 g/mol. The monoisotopic (exact) mass is 417 g/mol. The van der Waals surface area contributed by atoms with Crippen molar-refractivity contribution in [2.75, 3.05) is 52.9 Å². The first-order valence-electron chi connectivity index (χ1n) is 9.64. The van der Waals surface area contributed by atoms with Crippen LogP contribution in [0.1, 0.15) is 18.9 Å². The van der Waals surface area contributed by atoms with Crippen LogP contribution in [0.25, 0.3) is 0 Å². The molecule has 0 amide bonds. The quantitative estimate of drug-likeness (QED) is 0.503. The molecule has 1 aliphatic rings. The highest BCUT2D eigenvalue weighted by molar-refractivity contribution is 6.30. The van der Waals surface area contributed by atoms with Crippen LogP contribution in [-0.4, -0.2) is 75.2 Å². The van der Waals surface area contributed by atoms with E-state index in [-0.39, 0.29) is 12.3 Å². The molecule has 0 radical (unpaired) electrons. The van der Waals surface area contributed by atoms with E-state index < -0.39 is 6.61 Å². The SMILES string of the molecule is CCNC(=NCc1cc(Cl)ccc1OC(F)F)NCCN1CCCN(C)CC1. The summed E-state index contributed by atoms with van der Waals surface area (Å²) in [4.78, 5) is 9.28. The van der Waals surface area contributed by atoms with E-state index in [1.165, 1.54) is 18.6 Å². The van der Waals surface area contributed by atoms with E-state index in [2.05, 4.69) is 37.2 Å². The first-order chi connectivity index (χ1) is 13.5. The van der Waals surface area contributed by atoms with Crippen LogP contribution < -0.4 is 15.4 Å². The van der Waals surface area contributed by atoms with E-state index in [1.54, 1.807) is 6.07 Å². The lowest BCUT2D eigenvalue weighted by Gasteiger charge is -2.21. The Kier molecular flexibility index (Phi) is 9.73. The number of nitrogens with one attached hydrogen (secondary N) is 2. The number of nitrogens with zero attached hydrogens (tertiary/aromatic N) is 3. The van der Waals surface area contributed by atoms with Gasteiger partial charge in [-0.25, -0.2) is 4.99 Å². The zero-order chi connectivity index (χ0) is 20.4. The fraction of sp³-hybridized carbons (Fsp3) is 0.632. The van der Waals surface area contributed by atoms with Gasteiger partial charge >= 0.3 is 6.61 Å². The van der Waals surface area contributed by atoms with Gasteiger partial charge in [0.2, 0.25) is 0 Å². The minimum Gasteiger partial charge on any atom is -0.434 e. The van der Waals surface area contributed by atoms with Gasteiger partial charge in [0, 0.05) is 43.3 Å². The Morgan fingerprint density at radius 1 is 1.25 bits per heavy atom. The normalized spacial score (nSPS) is 16.9. The lowest BCUT2D eigenvalue weighted by atomic mass is 10.2. The van der Waals surface area contributed by atoms with Crippen LogP contribution in [0, 0.1) is 0 Å². The van der Waals surface area contributed by atoms with Crippen LogP contribution in [0.5, 0.6) is 5.75 Å². The summed E-state index contributed by atoms with van der Waals surface area (Å²) in [6.07, 6.45) is 1.17. The molecule has 6 nitrogen and oxygen atoms in total. The highest BCUT2D eigenvalue weighted by Crippen LogP contribution is 2.25. The minimum absolute atomic E-state index is 0.0904. The zero-order valence-electron chi connectivity index (χ0n) is 16.6. The predicted molar refractivity (Wildman–Crippen MR) is 109 cm³/mol. The van der Waals surface area contributed by atoms with Gasteiger partial charge in [0.1, 0.15) is 5.75 Å². The number of halogens is 3. The smallest absolute Gasteiger partial charge is 0.387 e. The van der Waals surface area contributed by atoms with Crippen molar-refractivity contribution in [1.82, 2.24) is 20.4 Å². The molecule has 28 heavy (non-hydrogen) atoms. The number of aliphatic imine (C=N–C) groups is 1. The third-order valence-corrected chi connectivity index (χ3v) is 4.76. The number of guanidine groups is 1. The van der Waals surface area contributed by atoms with Crippen molar-refractivity contribution in [3.63, 3.8) is 0 Å². The lowest BCUT2D eigenvalue weighted by Crippen LogP contribution is -2.42. The Morgan fingerprint density at radius 2 is 2.07 bits per heavy atom. The Balaban J connectivity index is 1.92. The second kappa shape index (κ2) is 12.0. The van der Waals surface area contributed by atoms with Gasteiger partial charge in [0.25, 0.3) is 0 Å². The molecule has 0 atom stereocenters. The van der Waals surface area contributed by atoms with Crippen molar-refractivity contribution < 1.29 is 13.5 Å². The summed E-state index contributed by atoms with van der Waals surface area (Å²) < 4.78 is 29.7. The Bertz CT molecular complexity index is 632. The third kappa shape index (κ3) is 8.16. The fourth-order valence-electron chi connectivity index (χ4n) is 3.04. The van der Waals surface area contributed by atoms with Crippen molar-refractivity contribution in [1.29, 1.82) is 0 Å². The van der Waals surface area contributed by atoms with Crippen LogP contribution in [0.15, 0.2) is 23.2 Å². The summed E-state index contributed by atoms with van der Waals surface area (Å²) in [6, 6.07) is 4.56. The number of likely N-dealkylation sites (N-methyl/N-ethyl adjacent to an activating group) is 1. The van der Waals surface area contributed by atoms with Gasteiger partial charge in [-0.3, -0.25) is 0 Å². The highest BCUT2D eigenvalue weighted by atomic mass is 35.5. The van der Waals surface area contributed by atoms with Crippen molar-refractivity contribution >= 4 is 17.6 Å². The van der Waals surface area contributed by atoms with Crippen LogP contribution in [0.2, 0.25) is 5.02 Å².